The second-order valence-electron chi connectivity index (χ2n) is 4.96. The van der Waals surface area contributed by atoms with E-state index in [1.54, 1.807) is 6.07 Å². The Hall–Kier alpha value is -2.29. The van der Waals surface area contributed by atoms with Crippen molar-refractivity contribution in [2.75, 3.05) is 11.9 Å². The number of hydrogen-bond acceptors (Lipinski definition) is 2. The number of carbonyl (C=O) groups is 1. The van der Waals surface area contributed by atoms with Crippen molar-refractivity contribution in [3.8, 4) is 0 Å². The average Bonchev–Trinajstić information content (AvgIpc) is 2.42. The molecule has 20 heavy (non-hydrogen) atoms. The fourth-order valence-corrected chi connectivity index (χ4v) is 2.21. The number of nitrogens with one attached hydrogen (secondary N) is 1. The van der Waals surface area contributed by atoms with Crippen molar-refractivity contribution in [2.24, 2.45) is 0 Å². The van der Waals surface area contributed by atoms with E-state index in [4.69, 9.17) is 0 Å². The number of benzene rings is 2. The first-order chi connectivity index (χ1) is 9.58. The number of carboxylic acids is 1. The molecule has 3 nitrogen and oxygen atoms in total. The van der Waals surface area contributed by atoms with Crippen LogP contribution in [0, 0.1) is 13.8 Å². The van der Waals surface area contributed by atoms with Crippen LogP contribution in [0.5, 0.6) is 0 Å². The maximum Gasteiger partial charge on any atom is 0.337 e. The second kappa shape index (κ2) is 6.24. The second-order valence-corrected chi connectivity index (χ2v) is 4.96. The van der Waals surface area contributed by atoms with Crippen LogP contribution in [0.3, 0.4) is 0 Å². The number of rotatable bonds is 5. The van der Waals surface area contributed by atoms with Crippen LogP contribution in [0.1, 0.15) is 27.0 Å². The molecule has 2 N–H and O–H groups in total. The molecule has 0 aromatic heterocycles. The van der Waals surface area contributed by atoms with Crippen LogP contribution in [0.15, 0.2) is 42.5 Å². The first-order valence-electron chi connectivity index (χ1n) is 6.70. The Morgan fingerprint density at radius 3 is 2.60 bits per heavy atom. The van der Waals surface area contributed by atoms with Gasteiger partial charge in [-0.25, -0.2) is 4.79 Å². The highest BCUT2D eigenvalue weighted by atomic mass is 16.4. The van der Waals surface area contributed by atoms with Crippen molar-refractivity contribution < 1.29 is 9.90 Å². The molecule has 0 saturated heterocycles. The van der Waals surface area contributed by atoms with E-state index in [0.29, 0.717) is 17.8 Å². The lowest BCUT2D eigenvalue weighted by atomic mass is 10.1. The molecule has 0 aliphatic heterocycles. The van der Waals surface area contributed by atoms with Crippen LogP contribution in [0.25, 0.3) is 0 Å². The molecule has 2 rings (SSSR count). The smallest absolute Gasteiger partial charge is 0.337 e. The molecule has 0 unspecified atom stereocenters. The van der Waals surface area contributed by atoms with E-state index < -0.39 is 5.97 Å². The number of aryl methyl sites for hydroxylation is 2. The Morgan fingerprint density at radius 2 is 1.90 bits per heavy atom. The van der Waals surface area contributed by atoms with Crippen LogP contribution < -0.4 is 5.32 Å². The molecule has 0 saturated carbocycles. The molecule has 0 fully saturated rings. The van der Waals surface area contributed by atoms with Crippen molar-refractivity contribution in [1.82, 2.24) is 0 Å². The predicted molar refractivity (Wildman–Crippen MR) is 81.5 cm³/mol. The minimum absolute atomic E-state index is 0.329. The van der Waals surface area contributed by atoms with E-state index in [1.165, 1.54) is 11.1 Å². The van der Waals surface area contributed by atoms with Crippen LogP contribution in [0.2, 0.25) is 0 Å². The Bertz CT molecular complexity index is 620. The van der Waals surface area contributed by atoms with Crippen molar-refractivity contribution >= 4 is 11.7 Å². The van der Waals surface area contributed by atoms with Gasteiger partial charge in [-0.2, -0.15) is 0 Å². The highest BCUT2D eigenvalue weighted by molar-refractivity contribution is 5.94. The molecule has 0 aliphatic rings. The standard InChI is InChI=1S/C17H19NO2/c1-12-7-8-16(15(11-12)17(19)20)18-10-9-14-6-4-3-5-13(14)2/h3-8,11,18H,9-10H2,1-2H3,(H,19,20). The van der Waals surface area contributed by atoms with E-state index in [9.17, 15) is 9.90 Å². The molecule has 0 aliphatic carbocycles. The Labute approximate surface area is 119 Å². The number of anilines is 1. The van der Waals surface area contributed by atoms with Crippen LogP contribution in [-0.2, 0) is 6.42 Å². The van der Waals surface area contributed by atoms with E-state index in [-0.39, 0.29) is 0 Å². The lowest BCUT2D eigenvalue weighted by Crippen LogP contribution is -2.10. The van der Waals surface area contributed by atoms with Crippen molar-refractivity contribution in [3.63, 3.8) is 0 Å². The maximum absolute atomic E-state index is 11.2. The fraction of sp³-hybridized carbons (Fsp3) is 0.235. The monoisotopic (exact) mass is 269 g/mol. The molecule has 0 amide bonds. The summed E-state index contributed by atoms with van der Waals surface area (Å²) in [5, 5.41) is 12.4. The lowest BCUT2D eigenvalue weighted by Gasteiger charge is -2.11. The van der Waals surface area contributed by atoms with Gasteiger partial charge in [0.05, 0.1) is 5.56 Å². The maximum atomic E-state index is 11.2. The van der Waals surface area contributed by atoms with E-state index >= 15 is 0 Å². The predicted octanol–water partition coefficient (Wildman–Crippen LogP) is 3.66. The van der Waals surface area contributed by atoms with E-state index in [0.717, 1.165) is 12.0 Å². The van der Waals surface area contributed by atoms with Gasteiger partial charge < -0.3 is 10.4 Å². The van der Waals surface area contributed by atoms with Gasteiger partial charge in [-0.05, 0) is 43.5 Å². The largest absolute Gasteiger partial charge is 0.478 e. The van der Waals surface area contributed by atoms with Gasteiger partial charge in [0.2, 0.25) is 0 Å². The zero-order valence-electron chi connectivity index (χ0n) is 11.8. The van der Waals surface area contributed by atoms with Gasteiger partial charge in [0, 0.05) is 12.2 Å². The molecule has 2 aromatic rings. The van der Waals surface area contributed by atoms with Crippen molar-refractivity contribution in [2.45, 2.75) is 20.3 Å². The molecule has 0 spiro atoms. The van der Waals surface area contributed by atoms with Gasteiger partial charge >= 0.3 is 5.97 Å². The van der Waals surface area contributed by atoms with Crippen molar-refractivity contribution in [3.05, 3.63) is 64.7 Å². The summed E-state index contributed by atoms with van der Waals surface area (Å²) in [7, 11) is 0. The van der Waals surface area contributed by atoms with Gasteiger partial charge in [-0.1, -0.05) is 35.9 Å². The molecule has 0 atom stereocenters. The Kier molecular flexibility index (Phi) is 4.41. The first-order valence-corrected chi connectivity index (χ1v) is 6.70. The topological polar surface area (TPSA) is 49.3 Å². The number of hydrogen-bond donors (Lipinski definition) is 2. The van der Waals surface area contributed by atoms with E-state index in [1.807, 2.05) is 31.2 Å². The zero-order valence-corrected chi connectivity index (χ0v) is 11.8. The summed E-state index contributed by atoms with van der Waals surface area (Å²) in [6, 6.07) is 13.7. The summed E-state index contributed by atoms with van der Waals surface area (Å²) in [5.74, 6) is -0.896. The third-order valence-corrected chi connectivity index (χ3v) is 3.38. The fourth-order valence-electron chi connectivity index (χ4n) is 2.21. The third kappa shape index (κ3) is 3.38. The molecule has 2 aromatic carbocycles. The summed E-state index contributed by atoms with van der Waals surface area (Å²) >= 11 is 0. The van der Waals surface area contributed by atoms with Crippen LogP contribution >= 0.6 is 0 Å². The molecular weight excluding hydrogens is 250 g/mol. The minimum atomic E-state index is -0.896. The molecule has 0 heterocycles. The summed E-state index contributed by atoms with van der Waals surface area (Å²) in [4.78, 5) is 11.2. The van der Waals surface area contributed by atoms with Gasteiger partial charge in [0.1, 0.15) is 0 Å². The zero-order chi connectivity index (χ0) is 14.5. The van der Waals surface area contributed by atoms with Gasteiger partial charge in [-0.3, -0.25) is 0 Å². The third-order valence-electron chi connectivity index (χ3n) is 3.38. The minimum Gasteiger partial charge on any atom is -0.478 e. The van der Waals surface area contributed by atoms with Crippen molar-refractivity contribution in [1.29, 1.82) is 0 Å². The van der Waals surface area contributed by atoms with Gasteiger partial charge in [0.15, 0.2) is 0 Å². The van der Waals surface area contributed by atoms with Gasteiger partial charge in [0.25, 0.3) is 0 Å². The first kappa shape index (κ1) is 14.1. The summed E-state index contributed by atoms with van der Waals surface area (Å²) in [6.45, 7) is 4.70. The number of aromatic carboxylic acids is 1. The van der Waals surface area contributed by atoms with Gasteiger partial charge in [-0.15, -0.1) is 0 Å². The van der Waals surface area contributed by atoms with E-state index in [2.05, 4.69) is 24.4 Å². The molecular formula is C17H19NO2. The molecule has 104 valence electrons. The highest BCUT2D eigenvalue weighted by Crippen LogP contribution is 2.17. The molecule has 0 bridgehead atoms. The normalized spacial score (nSPS) is 10.3. The Balaban J connectivity index is 2.05. The summed E-state index contributed by atoms with van der Waals surface area (Å²) in [5.41, 5.74) is 4.50. The summed E-state index contributed by atoms with van der Waals surface area (Å²) < 4.78 is 0. The Morgan fingerprint density at radius 1 is 1.15 bits per heavy atom. The highest BCUT2D eigenvalue weighted by Gasteiger charge is 2.09. The lowest BCUT2D eigenvalue weighted by molar-refractivity contribution is 0.0698. The molecule has 0 radical (unpaired) electrons. The quantitative estimate of drug-likeness (QED) is 0.871. The number of carboxylic acid groups (broad SMARTS) is 1. The van der Waals surface area contributed by atoms with Crippen LogP contribution in [-0.4, -0.2) is 17.6 Å². The average molecular weight is 269 g/mol. The molecule has 3 heteroatoms. The van der Waals surface area contributed by atoms with Crippen LogP contribution in [0.4, 0.5) is 5.69 Å². The summed E-state index contributed by atoms with van der Waals surface area (Å²) in [6.07, 6.45) is 0.875. The SMILES string of the molecule is Cc1ccc(NCCc2ccccc2C)c(C(=O)O)c1.